The van der Waals surface area contributed by atoms with Crippen LogP contribution in [0.25, 0.3) is 121 Å². The maximum absolute atomic E-state index is 6.63. The SMILES string of the molecule is C1=CC2Oc3cc4c(cc3C2C=C1n1c2ccccc2c2ccccc21)oc1ccc(Oc2ccc3oc5cc6c(cc5c3c2)oc2ccc(-n3c5ccccc5c5ccccc53)cc26)cc14. The Bertz CT molecular complexity index is 4440. The lowest BCUT2D eigenvalue weighted by molar-refractivity contribution is 0.269. The van der Waals surface area contributed by atoms with E-state index in [2.05, 4.69) is 173 Å². The third-order valence-corrected chi connectivity index (χ3v) is 14.3. The van der Waals surface area contributed by atoms with Gasteiger partial charge in [-0.2, -0.15) is 0 Å². The summed E-state index contributed by atoms with van der Waals surface area (Å²) in [7, 11) is 0. The monoisotopic (exact) mass is 862 g/mol. The first-order valence-corrected chi connectivity index (χ1v) is 22.7. The lowest BCUT2D eigenvalue weighted by atomic mass is 9.90. The molecule has 0 spiro atoms. The number of aromatic nitrogens is 2. The topological polar surface area (TPSA) is 67.7 Å². The Morgan fingerprint density at radius 2 is 0.851 bits per heavy atom. The summed E-state index contributed by atoms with van der Waals surface area (Å²) in [5.41, 5.74) is 12.9. The molecule has 0 N–H and O–H groups in total. The molecule has 14 aromatic rings. The van der Waals surface area contributed by atoms with Crippen LogP contribution in [-0.2, 0) is 0 Å². The van der Waals surface area contributed by atoms with Crippen molar-refractivity contribution in [1.82, 2.24) is 9.13 Å². The molecule has 0 saturated heterocycles. The summed E-state index contributed by atoms with van der Waals surface area (Å²) in [5.74, 6) is 2.33. The zero-order chi connectivity index (χ0) is 43.5. The van der Waals surface area contributed by atoms with Crippen LogP contribution in [0.1, 0.15) is 11.5 Å². The number of hydrogen-bond donors (Lipinski definition) is 0. The molecule has 314 valence electrons. The number of nitrogens with zero attached hydrogens (tertiary/aromatic N) is 2. The van der Waals surface area contributed by atoms with Crippen molar-refractivity contribution in [3.8, 4) is 22.9 Å². The largest absolute Gasteiger partial charge is 0.485 e. The zero-order valence-electron chi connectivity index (χ0n) is 35.6. The molecule has 0 radical (unpaired) electrons. The van der Waals surface area contributed by atoms with Crippen LogP contribution in [0.2, 0.25) is 0 Å². The Hall–Kier alpha value is -8.94. The van der Waals surface area contributed by atoms with Gasteiger partial charge in [0.15, 0.2) is 0 Å². The van der Waals surface area contributed by atoms with Gasteiger partial charge in [0.25, 0.3) is 0 Å². The van der Waals surface area contributed by atoms with Gasteiger partial charge in [0, 0.05) is 76.7 Å². The first-order chi connectivity index (χ1) is 33.1. The highest BCUT2D eigenvalue weighted by atomic mass is 16.5. The van der Waals surface area contributed by atoms with Crippen molar-refractivity contribution in [3.63, 3.8) is 0 Å². The van der Waals surface area contributed by atoms with Gasteiger partial charge in [-0.15, -0.1) is 0 Å². The molecule has 67 heavy (non-hydrogen) atoms. The smallest absolute Gasteiger partial charge is 0.136 e. The summed E-state index contributed by atoms with van der Waals surface area (Å²) < 4.78 is 37.5. The molecule has 5 aromatic heterocycles. The van der Waals surface area contributed by atoms with Gasteiger partial charge in [-0.05, 0) is 121 Å². The van der Waals surface area contributed by atoms with E-state index >= 15 is 0 Å². The van der Waals surface area contributed by atoms with Crippen molar-refractivity contribution in [2.45, 2.75) is 12.0 Å². The predicted octanol–water partition coefficient (Wildman–Crippen LogP) is 16.3. The molecule has 0 fully saturated rings. The maximum Gasteiger partial charge on any atom is 0.136 e. The second kappa shape index (κ2) is 12.9. The van der Waals surface area contributed by atoms with E-state index in [0.29, 0.717) is 11.5 Å². The minimum absolute atomic E-state index is 0.0495. The van der Waals surface area contributed by atoms with Crippen LogP contribution < -0.4 is 9.47 Å². The van der Waals surface area contributed by atoms with E-state index in [1.54, 1.807) is 0 Å². The second-order valence-electron chi connectivity index (χ2n) is 17.9. The number of benzene rings is 9. The molecule has 7 heteroatoms. The first kappa shape index (κ1) is 35.4. The van der Waals surface area contributed by atoms with Crippen molar-refractivity contribution in [2.75, 3.05) is 0 Å². The van der Waals surface area contributed by atoms with E-state index in [0.717, 1.165) is 88.5 Å². The second-order valence-corrected chi connectivity index (χ2v) is 17.9. The normalized spacial score (nSPS) is 15.9. The Labute approximate surface area is 380 Å². The molecule has 1 aliphatic carbocycles. The van der Waals surface area contributed by atoms with Crippen molar-refractivity contribution >= 4 is 115 Å². The van der Waals surface area contributed by atoms with Crippen molar-refractivity contribution in [1.29, 1.82) is 0 Å². The van der Waals surface area contributed by atoms with Gasteiger partial charge in [0.05, 0.1) is 22.1 Å². The fourth-order valence-corrected chi connectivity index (χ4v) is 11.3. The standard InChI is InChI=1S/C60H34N2O5/c1-5-13-49-37(9-1)38-10-2-6-14-50(38)61(49)33-17-21-53-41(25-33)45-29-59-47(31-57(45)64-53)43-27-35(19-23-55(43)66-59)63-36-20-24-56-44(28-36)48-32-58-46(30-60(48)67-56)42-26-34(18-22-54(42)65-58)62-51-15-7-3-11-39(51)40-12-4-8-16-52(40)62/h1-32,41,53H. The van der Waals surface area contributed by atoms with Crippen molar-refractivity contribution in [2.24, 2.45) is 0 Å². The van der Waals surface area contributed by atoms with E-state index in [-0.39, 0.29) is 12.0 Å². The minimum Gasteiger partial charge on any atom is -0.485 e. The molecule has 1 aliphatic heterocycles. The Morgan fingerprint density at radius 3 is 1.42 bits per heavy atom. The zero-order valence-corrected chi connectivity index (χ0v) is 35.6. The quantitative estimate of drug-likeness (QED) is 0.176. The molecular weight excluding hydrogens is 829 g/mol. The summed E-state index contributed by atoms with van der Waals surface area (Å²) >= 11 is 0. The van der Waals surface area contributed by atoms with Gasteiger partial charge in [-0.1, -0.05) is 72.8 Å². The van der Waals surface area contributed by atoms with Crippen molar-refractivity contribution in [3.05, 3.63) is 200 Å². The minimum atomic E-state index is -0.0921. The number of fused-ring (bicyclic) bond motifs is 18. The van der Waals surface area contributed by atoms with Gasteiger partial charge in [-0.25, -0.2) is 0 Å². The molecular formula is C60H34N2O5. The van der Waals surface area contributed by atoms with E-state index < -0.39 is 0 Å². The summed E-state index contributed by atoms with van der Waals surface area (Å²) in [6.07, 6.45) is 6.64. The molecule has 6 heterocycles. The van der Waals surface area contributed by atoms with Crippen molar-refractivity contribution < 1.29 is 22.7 Å². The van der Waals surface area contributed by atoms with Crippen LogP contribution in [0.15, 0.2) is 207 Å². The summed E-state index contributed by atoms with van der Waals surface area (Å²) in [6, 6.07) is 61.3. The number of para-hydroxylation sites is 4. The summed E-state index contributed by atoms with van der Waals surface area (Å²) in [4.78, 5) is 0. The lowest BCUT2D eigenvalue weighted by Crippen LogP contribution is -2.18. The van der Waals surface area contributed by atoms with Gasteiger partial charge in [0.2, 0.25) is 0 Å². The van der Waals surface area contributed by atoms with E-state index in [1.165, 1.54) is 43.6 Å². The van der Waals surface area contributed by atoms with Gasteiger partial charge >= 0.3 is 0 Å². The summed E-state index contributed by atoms with van der Waals surface area (Å²) in [6.45, 7) is 0. The van der Waals surface area contributed by atoms with Crippen LogP contribution in [0, 0.1) is 0 Å². The average Bonchev–Trinajstić information content (AvgIpc) is 4.22. The van der Waals surface area contributed by atoms with Crippen LogP contribution in [0.3, 0.4) is 0 Å². The Balaban J connectivity index is 0.735. The van der Waals surface area contributed by atoms with Gasteiger partial charge in [0.1, 0.15) is 56.9 Å². The summed E-state index contributed by atoms with van der Waals surface area (Å²) in [5, 5.41) is 10.9. The predicted molar refractivity (Wildman–Crippen MR) is 269 cm³/mol. The third kappa shape index (κ3) is 4.94. The van der Waals surface area contributed by atoms with Crippen LogP contribution in [0.5, 0.6) is 17.2 Å². The molecule has 0 saturated carbocycles. The molecule has 0 bridgehead atoms. The molecule has 2 aliphatic rings. The van der Waals surface area contributed by atoms with Crippen LogP contribution >= 0.6 is 0 Å². The fraction of sp³-hybridized carbons (Fsp3) is 0.0333. The highest BCUT2D eigenvalue weighted by Gasteiger charge is 2.35. The maximum atomic E-state index is 6.63. The first-order valence-electron chi connectivity index (χ1n) is 22.7. The van der Waals surface area contributed by atoms with E-state index in [1.807, 2.05) is 30.3 Å². The highest BCUT2D eigenvalue weighted by Crippen LogP contribution is 2.48. The van der Waals surface area contributed by atoms with Crippen LogP contribution in [-0.4, -0.2) is 15.2 Å². The van der Waals surface area contributed by atoms with Crippen LogP contribution in [0.4, 0.5) is 0 Å². The Kier molecular flexibility index (Phi) is 6.80. The molecule has 0 amide bonds. The van der Waals surface area contributed by atoms with E-state index in [4.69, 9.17) is 22.7 Å². The fourth-order valence-electron chi connectivity index (χ4n) is 11.3. The molecule has 2 unspecified atom stereocenters. The molecule has 9 aromatic carbocycles. The average molecular weight is 863 g/mol. The number of ether oxygens (including phenoxy) is 2. The molecule has 16 rings (SSSR count). The Morgan fingerprint density at radius 1 is 0.388 bits per heavy atom. The number of rotatable bonds is 4. The third-order valence-electron chi connectivity index (χ3n) is 14.3. The van der Waals surface area contributed by atoms with Gasteiger partial charge < -0.3 is 31.9 Å². The highest BCUT2D eigenvalue weighted by molar-refractivity contribution is 6.16. The number of hydrogen-bond acceptors (Lipinski definition) is 5. The lowest BCUT2D eigenvalue weighted by Gasteiger charge is -2.20. The van der Waals surface area contributed by atoms with Gasteiger partial charge in [-0.3, -0.25) is 0 Å². The molecule has 2 atom stereocenters. The van der Waals surface area contributed by atoms with E-state index in [9.17, 15) is 0 Å². The number of allylic oxidation sites excluding steroid dienone is 2. The number of furan rings is 3. The molecule has 7 nitrogen and oxygen atoms in total.